The third-order valence-electron chi connectivity index (χ3n) is 4.47. The van der Waals surface area contributed by atoms with Gasteiger partial charge in [0.15, 0.2) is 0 Å². The smallest absolute Gasteiger partial charge is 0.00132 e. The van der Waals surface area contributed by atoms with Crippen molar-refractivity contribution in [1.82, 2.24) is 0 Å². The Kier molecular flexibility index (Phi) is 2.11. The van der Waals surface area contributed by atoms with Crippen molar-refractivity contribution < 1.29 is 0 Å². The largest absolute Gasteiger partial charge is 0.0619 e. The van der Waals surface area contributed by atoms with Crippen LogP contribution in [0.4, 0.5) is 0 Å². The summed E-state index contributed by atoms with van der Waals surface area (Å²) in [7, 11) is 0. The van der Waals surface area contributed by atoms with Crippen molar-refractivity contribution >= 4 is 10.8 Å². The lowest BCUT2D eigenvalue weighted by Gasteiger charge is -2.11. The van der Waals surface area contributed by atoms with E-state index in [-0.39, 0.29) is 0 Å². The lowest BCUT2D eigenvalue weighted by atomic mass is 9.92. The van der Waals surface area contributed by atoms with Crippen molar-refractivity contribution in [3.05, 3.63) is 70.8 Å². The highest BCUT2D eigenvalue weighted by molar-refractivity contribution is 6.03. The molecule has 4 rings (SSSR count). The molecule has 0 aliphatic heterocycles. The van der Waals surface area contributed by atoms with Crippen LogP contribution in [0.25, 0.3) is 21.9 Å². The average Bonchev–Trinajstić information content (AvgIpc) is 2.81. The summed E-state index contributed by atoms with van der Waals surface area (Å²) in [6, 6.07) is 17.9. The van der Waals surface area contributed by atoms with E-state index in [0.29, 0.717) is 0 Å². The van der Waals surface area contributed by atoms with Crippen molar-refractivity contribution in [2.24, 2.45) is 0 Å². The maximum atomic E-state index is 2.30. The van der Waals surface area contributed by atoms with E-state index in [4.69, 9.17) is 0 Å². The molecule has 0 fully saturated rings. The molecule has 3 aromatic carbocycles. The zero-order valence-corrected chi connectivity index (χ0v) is 11.3. The molecule has 1 aliphatic carbocycles. The fourth-order valence-corrected chi connectivity index (χ4v) is 3.32. The zero-order chi connectivity index (χ0) is 13.0. The monoisotopic (exact) mass is 244 g/mol. The quantitative estimate of drug-likeness (QED) is 0.407. The lowest BCUT2D eigenvalue weighted by molar-refractivity contribution is 1.26. The second-order valence-corrected chi connectivity index (χ2v) is 5.54. The lowest BCUT2D eigenvalue weighted by Crippen LogP contribution is -1.88. The first-order chi connectivity index (χ1) is 9.25. The highest BCUT2D eigenvalue weighted by Crippen LogP contribution is 2.42. The number of hydrogen-bond donors (Lipinski definition) is 0. The van der Waals surface area contributed by atoms with Crippen molar-refractivity contribution in [3.8, 4) is 11.1 Å². The first-order valence-electron chi connectivity index (χ1n) is 6.86. The van der Waals surface area contributed by atoms with Gasteiger partial charge in [0.05, 0.1) is 0 Å². The van der Waals surface area contributed by atoms with Crippen LogP contribution in [0.5, 0.6) is 0 Å². The molecule has 0 atom stereocenters. The number of fused-ring (bicyclic) bond motifs is 5. The Hall–Kier alpha value is -2.08. The van der Waals surface area contributed by atoms with Gasteiger partial charge in [-0.3, -0.25) is 0 Å². The molecule has 0 bridgehead atoms. The fraction of sp³-hybridized carbons (Fsp3) is 0.158. The summed E-state index contributed by atoms with van der Waals surface area (Å²) in [6.45, 7) is 4.45. The van der Waals surface area contributed by atoms with Gasteiger partial charge in [0.25, 0.3) is 0 Å². The van der Waals surface area contributed by atoms with Gasteiger partial charge in [-0.25, -0.2) is 0 Å². The molecule has 0 heteroatoms. The van der Waals surface area contributed by atoms with Gasteiger partial charge in [-0.15, -0.1) is 0 Å². The van der Waals surface area contributed by atoms with Gasteiger partial charge in [0.1, 0.15) is 0 Å². The molecule has 3 aromatic rings. The van der Waals surface area contributed by atoms with Crippen LogP contribution in [-0.2, 0) is 6.42 Å². The molecule has 0 amide bonds. The van der Waals surface area contributed by atoms with Gasteiger partial charge in [-0.1, -0.05) is 48.5 Å². The molecule has 0 unspecified atom stereocenters. The molecule has 0 spiro atoms. The molecule has 92 valence electrons. The van der Waals surface area contributed by atoms with E-state index in [2.05, 4.69) is 62.4 Å². The normalized spacial score (nSPS) is 12.5. The molecule has 0 N–H and O–H groups in total. The van der Waals surface area contributed by atoms with E-state index in [1.165, 1.54) is 44.2 Å². The predicted octanol–water partition coefficient (Wildman–Crippen LogP) is 5.03. The van der Waals surface area contributed by atoms with Crippen molar-refractivity contribution in [2.75, 3.05) is 0 Å². The summed E-state index contributed by atoms with van der Waals surface area (Å²) in [6.07, 6.45) is 1.08. The summed E-state index contributed by atoms with van der Waals surface area (Å²) >= 11 is 0. The maximum absolute atomic E-state index is 2.30. The molecule has 0 radical (unpaired) electrons. The second-order valence-electron chi connectivity index (χ2n) is 5.54. The first kappa shape index (κ1) is 10.8. The molecule has 0 nitrogen and oxygen atoms in total. The molecule has 0 heterocycles. The van der Waals surface area contributed by atoms with Gasteiger partial charge in [-0.05, 0) is 64.4 Å². The Morgan fingerprint density at radius 3 is 2.47 bits per heavy atom. The Morgan fingerprint density at radius 2 is 1.58 bits per heavy atom. The molecule has 1 aliphatic rings. The van der Waals surface area contributed by atoms with Gasteiger partial charge in [-0.2, -0.15) is 0 Å². The minimum atomic E-state index is 1.08. The number of aryl methyl sites for hydroxylation is 2. The van der Waals surface area contributed by atoms with E-state index < -0.39 is 0 Å². The highest BCUT2D eigenvalue weighted by Gasteiger charge is 2.21. The summed E-state index contributed by atoms with van der Waals surface area (Å²) in [4.78, 5) is 0. The number of hydrogen-bond acceptors (Lipinski definition) is 0. The van der Waals surface area contributed by atoms with Crippen molar-refractivity contribution in [2.45, 2.75) is 20.3 Å². The van der Waals surface area contributed by atoms with E-state index in [1.807, 2.05) is 0 Å². The highest BCUT2D eigenvalue weighted by atomic mass is 14.2. The average molecular weight is 244 g/mol. The van der Waals surface area contributed by atoms with Crippen molar-refractivity contribution in [1.29, 1.82) is 0 Å². The maximum Gasteiger partial charge on any atom is -0.00132 e. The summed E-state index contributed by atoms with van der Waals surface area (Å²) in [5.74, 6) is 0. The molecule has 0 aromatic heterocycles. The van der Waals surface area contributed by atoms with Crippen LogP contribution in [-0.4, -0.2) is 0 Å². The molecular formula is C19H16. The van der Waals surface area contributed by atoms with Crippen LogP contribution in [0.1, 0.15) is 22.3 Å². The third kappa shape index (κ3) is 1.40. The van der Waals surface area contributed by atoms with E-state index in [0.717, 1.165) is 6.42 Å². The Labute approximate surface area is 113 Å². The molecule has 19 heavy (non-hydrogen) atoms. The summed E-state index contributed by atoms with van der Waals surface area (Å²) in [5.41, 5.74) is 8.63. The Morgan fingerprint density at radius 1 is 0.789 bits per heavy atom. The van der Waals surface area contributed by atoms with Crippen LogP contribution in [0.15, 0.2) is 48.5 Å². The van der Waals surface area contributed by atoms with E-state index in [1.54, 1.807) is 0 Å². The van der Waals surface area contributed by atoms with Crippen LogP contribution >= 0.6 is 0 Å². The fourth-order valence-electron chi connectivity index (χ4n) is 3.32. The summed E-state index contributed by atoms with van der Waals surface area (Å²) in [5, 5.41) is 2.81. The zero-order valence-electron chi connectivity index (χ0n) is 11.3. The predicted molar refractivity (Wildman–Crippen MR) is 81.7 cm³/mol. The topological polar surface area (TPSA) is 0 Å². The van der Waals surface area contributed by atoms with E-state index in [9.17, 15) is 0 Å². The number of benzene rings is 3. The van der Waals surface area contributed by atoms with Gasteiger partial charge in [0, 0.05) is 0 Å². The van der Waals surface area contributed by atoms with Crippen LogP contribution in [0, 0.1) is 13.8 Å². The minimum absolute atomic E-state index is 1.08. The molecule has 0 saturated heterocycles. The summed E-state index contributed by atoms with van der Waals surface area (Å²) < 4.78 is 0. The molecule has 0 saturated carbocycles. The standard InChI is InChI=1S/C19H16/c1-12-7-8-14-9-10-16-11-15-5-3-4-6-17(15)19(16)18(14)13(12)2/h3-10H,11H2,1-2H3. The van der Waals surface area contributed by atoms with E-state index >= 15 is 0 Å². The van der Waals surface area contributed by atoms with Crippen molar-refractivity contribution in [3.63, 3.8) is 0 Å². The minimum Gasteiger partial charge on any atom is -0.0619 e. The van der Waals surface area contributed by atoms with Crippen LogP contribution in [0.2, 0.25) is 0 Å². The Bertz CT molecular complexity index is 810. The molecular weight excluding hydrogens is 228 g/mol. The van der Waals surface area contributed by atoms with Gasteiger partial charge >= 0.3 is 0 Å². The van der Waals surface area contributed by atoms with Gasteiger partial charge in [0.2, 0.25) is 0 Å². The first-order valence-corrected chi connectivity index (χ1v) is 6.86. The Balaban J connectivity index is 2.20. The van der Waals surface area contributed by atoms with Crippen LogP contribution in [0.3, 0.4) is 0 Å². The van der Waals surface area contributed by atoms with Gasteiger partial charge < -0.3 is 0 Å². The second kappa shape index (κ2) is 3.71. The van der Waals surface area contributed by atoms with Crippen LogP contribution < -0.4 is 0 Å². The third-order valence-corrected chi connectivity index (χ3v) is 4.47. The number of rotatable bonds is 0. The SMILES string of the molecule is Cc1ccc2ccc3c(c2c1C)-c1ccccc1C3.